The van der Waals surface area contributed by atoms with E-state index in [0.717, 1.165) is 25.6 Å². The minimum absolute atomic E-state index is 0. The lowest BCUT2D eigenvalue weighted by molar-refractivity contribution is -0.125. The van der Waals surface area contributed by atoms with Crippen LogP contribution in [-0.2, 0) is 4.79 Å². The number of carbonyl (C=O) groups is 1. The van der Waals surface area contributed by atoms with Gasteiger partial charge in [-0.15, -0.1) is 24.8 Å². The van der Waals surface area contributed by atoms with Crippen LogP contribution in [0, 0.1) is 0 Å². The van der Waals surface area contributed by atoms with Gasteiger partial charge >= 0.3 is 0 Å². The van der Waals surface area contributed by atoms with Gasteiger partial charge in [0, 0.05) is 25.2 Å². The molecule has 0 aromatic heterocycles. The Morgan fingerprint density at radius 3 is 2.35 bits per heavy atom. The normalized spacial score (nSPS) is 24.8. The molecule has 2 fully saturated rings. The molecule has 1 aliphatic carbocycles. The summed E-state index contributed by atoms with van der Waals surface area (Å²) < 4.78 is 0. The molecule has 0 aromatic rings. The predicted octanol–water partition coefficient (Wildman–Crippen LogP) is 0.920. The molecule has 3 N–H and O–H groups in total. The summed E-state index contributed by atoms with van der Waals surface area (Å²) >= 11 is 0. The minimum Gasteiger partial charge on any atom is -0.350 e. The molecule has 1 saturated carbocycles. The first-order valence-corrected chi connectivity index (χ1v) is 5.81. The van der Waals surface area contributed by atoms with Gasteiger partial charge in [0.2, 0.25) is 5.91 Å². The number of halogens is 2. The number of hydrogen-bond donors (Lipinski definition) is 2. The van der Waals surface area contributed by atoms with Crippen molar-refractivity contribution in [2.24, 2.45) is 5.73 Å². The molecule has 0 aromatic carbocycles. The number of nitrogens with zero attached hydrogens (tertiary/aromatic N) is 1. The highest BCUT2D eigenvalue weighted by Gasteiger charge is 2.35. The quantitative estimate of drug-likeness (QED) is 0.810. The van der Waals surface area contributed by atoms with Gasteiger partial charge in [0.1, 0.15) is 0 Å². The van der Waals surface area contributed by atoms with Gasteiger partial charge in [-0.25, -0.2) is 0 Å². The largest absolute Gasteiger partial charge is 0.350 e. The van der Waals surface area contributed by atoms with E-state index in [1.54, 1.807) is 13.8 Å². The number of hydrogen-bond acceptors (Lipinski definition) is 3. The van der Waals surface area contributed by atoms with E-state index in [2.05, 4.69) is 10.2 Å². The summed E-state index contributed by atoms with van der Waals surface area (Å²) in [6.07, 6.45) is 3.74. The lowest BCUT2D eigenvalue weighted by Crippen LogP contribution is -2.52. The average molecular weight is 284 g/mol. The van der Waals surface area contributed by atoms with Gasteiger partial charge in [-0.2, -0.15) is 0 Å². The van der Waals surface area contributed by atoms with Gasteiger partial charge in [0.25, 0.3) is 0 Å². The third-order valence-corrected chi connectivity index (χ3v) is 3.20. The molecule has 2 rings (SSSR count). The van der Waals surface area contributed by atoms with Gasteiger partial charge in [-0.3, -0.25) is 9.69 Å². The van der Waals surface area contributed by atoms with Crippen molar-refractivity contribution in [2.75, 3.05) is 13.1 Å². The second-order valence-corrected chi connectivity index (χ2v) is 5.41. The maximum absolute atomic E-state index is 11.7. The van der Waals surface area contributed by atoms with Crippen LogP contribution in [0.25, 0.3) is 0 Å². The topological polar surface area (TPSA) is 58.4 Å². The lowest BCUT2D eigenvalue weighted by Gasteiger charge is -2.22. The zero-order chi connectivity index (χ0) is 11.1. The van der Waals surface area contributed by atoms with Gasteiger partial charge in [0.05, 0.1) is 5.54 Å². The Morgan fingerprint density at radius 1 is 1.29 bits per heavy atom. The van der Waals surface area contributed by atoms with Crippen LogP contribution in [0.2, 0.25) is 0 Å². The third-order valence-electron chi connectivity index (χ3n) is 3.20. The second-order valence-electron chi connectivity index (χ2n) is 5.41. The van der Waals surface area contributed by atoms with Crippen LogP contribution in [-0.4, -0.2) is 41.5 Å². The maximum atomic E-state index is 11.7. The van der Waals surface area contributed by atoms with Crippen molar-refractivity contribution in [3.8, 4) is 0 Å². The van der Waals surface area contributed by atoms with E-state index < -0.39 is 5.54 Å². The van der Waals surface area contributed by atoms with Gasteiger partial charge in [-0.1, -0.05) is 0 Å². The minimum atomic E-state index is -0.757. The summed E-state index contributed by atoms with van der Waals surface area (Å²) in [6.45, 7) is 5.62. The molecule has 1 unspecified atom stereocenters. The van der Waals surface area contributed by atoms with E-state index >= 15 is 0 Å². The van der Waals surface area contributed by atoms with Gasteiger partial charge in [-0.05, 0) is 33.1 Å². The van der Waals surface area contributed by atoms with Crippen molar-refractivity contribution >= 4 is 30.7 Å². The first kappa shape index (κ1) is 17.0. The van der Waals surface area contributed by atoms with Crippen molar-refractivity contribution in [2.45, 2.75) is 50.7 Å². The molecule has 0 spiro atoms. The highest BCUT2D eigenvalue weighted by Crippen LogP contribution is 2.29. The Bertz CT molecular complexity index is 264. The number of amides is 1. The smallest absolute Gasteiger partial charge is 0.239 e. The van der Waals surface area contributed by atoms with Crippen molar-refractivity contribution in [3.05, 3.63) is 0 Å². The van der Waals surface area contributed by atoms with Gasteiger partial charge < -0.3 is 11.1 Å². The summed E-state index contributed by atoms with van der Waals surface area (Å²) in [6, 6.07) is 1.11. The summed E-state index contributed by atoms with van der Waals surface area (Å²) in [5.41, 5.74) is 4.98. The molecule has 2 aliphatic rings. The van der Waals surface area contributed by atoms with E-state index in [1.165, 1.54) is 12.8 Å². The SMILES string of the molecule is CC(C)(N)C(=O)NC1CCN(C2CC2)C1.Cl.Cl. The Hall–Kier alpha value is -0.0300. The van der Waals surface area contributed by atoms with E-state index in [0.29, 0.717) is 6.04 Å². The third kappa shape index (κ3) is 4.62. The summed E-state index contributed by atoms with van der Waals surface area (Å²) in [4.78, 5) is 14.1. The number of nitrogens with two attached hydrogens (primary N) is 1. The number of nitrogens with one attached hydrogen (secondary N) is 1. The van der Waals surface area contributed by atoms with E-state index in [1.807, 2.05) is 0 Å². The molecule has 102 valence electrons. The van der Waals surface area contributed by atoms with Crippen LogP contribution in [0.3, 0.4) is 0 Å². The lowest BCUT2D eigenvalue weighted by atomic mass is 10.1. The molecule has 0 bridgehead atoms. The molecule has 1 saturated heterocycles. The summed E-state index contributed by atoms with van der Waals surface area (Å²) in [5.74, 6) is -0.0369. The average Bonchev–Trinajstić information content (AvgIpc) is 2.87. The van der Waals surface area contributed by atoms with Crippen LogP contribution >= 0.6 is 24.8 Å². The zero-order valence-corrected chi connectivity index (χ0v) is 12.1. The van der Waals surface area contributed by atoms with Crippen molar-refractivity contribution in [3.63, 3.8) is 0 Å². The van der Waals surface area contributed by atoms with Crippen molar-refractivity contribution in [1.29, 1.82) is 0 Å². The number of rotatable bonds is 3. The summed E-state index contributed by atoms with van der Waals surface area (Å²) in [7, 11) is 0. The first-order chi connectivity index (χ1) is 6.97. The summed E-state index contributed by atoms with van der Waals surface area (Å²) in [5, 5.41) is 3.03. The molecule has 1 heterocycles. The highest BCUT2D eigenvalue weighted by molar-refractivity contribution is 5.86. The molecular formula is C11H23Cl2N3O. The van der Waals surface area contributed by atoms with Crippen LogP contribution < -0.4 is 11.1 Å². The molecule has 0 radical (unpaired) electrons. The molecule has 4 nitrogen and oxygen atoms in total. The molecule has 17 heavy (non-hydrogen) atoms. The van der Waals surface area contributed by atoms with Crippen LogP contribution in [0.4, 0.5) is 0 Å². The molecule has 6 heteroatoms. The van der Waals surface area contributed by atoms with E-state index in [4.69, 9.17) is 5.73 Å². The highest BCUT2D eigenvalue weighted by atomic mass is 35.5. The van der Waals surface area contributed by atoms with Crippen molar-refractivity contribution < 1.29 is 4.79 Å². The fourth-order valence-electron chi connectivity index (χ4n) is 2.05. The first-order valence-electron chi connectivity index (χ1n) is 5.81. The van der Waals surface area contributed by atoms with Crippen LogP contribution in [0.5, 0.6) is 0 Å². The Kier molecular flexibility index (Phi) is 6.22. The van der Waals surface area contributed by atoms with Crippen molar-refractivity contribution in [1.82, 2.24) is 10.2 Å². The van der Waals surface area contributed by atoms with Crippen LogP contribution in [0.1, 0.15) is 33.1 Å². The monoisotopic (exact) mass is 283 g/mol. The standard InChI is InChI=1S/C11H21N3O.2ClH/c1-11(2,12)10(15)13-8-5-6-14(7-8)9-3-4-9;;/h8-9H,3-7,12H2,1-2H3,(H,13,15);2*1H. The molecule has 1 atom stereocenters. The Balaban J connectivity index is 0.00000128. The van der Waals surface area contributed by atoms with Crippen LogP contribution in [0.15, 0.2) is 0 Å². The van der Waals surface area contributed by atoms with E-state index in [-0.39, 0.29) is 30.7 Å². The van der Waals surface area contributed by atoms with E-state index in [9.17, 15) is 4.79 Å². The Labute approximate surface area is 115 Å². The fraction of sp³-hybridized carbons (Fsp3) is 0.909. The molecule has 1 aliphatic heterocycles. The second kappa shape index (κ2) is 6.23. The van der Waals surface area contributed by atoms with Gasteiger partial charge in [0.15, 0.2) is 0 Å². The molecule has 1 amide bonds. The molecular weight excluding hydrogens is 261 g/mol. The number of carbonyl (C=O) groups excluding carboxylic acids is 1. The zero-order valence-electron chi connectivity index (χ0n) is 10.4. The number of likely N-dealkylation sites (tertiary alicyclic amines) is 1. The fourth-order valence-corrected chi connectivity index (χ4v) is 2.05. The predicted molar refractivity (Wildman–Crippen MR) is 73.9 cm³/mol. The Morgan fingerprint density at radius 2 is 1.88 bits per heavy atom. The maximum Gasteiger partial charge on any atom is 0.239 e.